The smallest absolute Gasteiger partial charge is 0.246 e. The number of aromatic nitrogens is 1. The van der Waals surface area contributed by atoms with Crippen LogP contribution in [0.3, 0.4) is 0 Å². The van der Waals surface area contributed by atoms with Crippen LogP contribution in [0.5, 0.6) is 5.75 Å². The topological polar surface area (TPSA) is 164 Å². The summed E-state index contributed by atoms with van der Waals surface area (Å²) < 4.78 is 19.8. The van der Waals surface area contributed by atoms with E-state index in [1.807, 2.05) is 64.4 Å². The molecule has 0 unspecified atom stereocenters. The van der Waals surface area contributed by atoms with Crippen molar-refractivity contribution >= 4 is 35.0 Å². The molecule has 13 heteroatoms. The predicted molar refractivity (Wildman–Crippen MR) is 203 cm³/mol. The number of hydrogen-bond donors (Lipinski definition) is 4. The molecule has 1 aliphatic rings. The van der Waals surface area contributed by atoms with E-state index >= 15 is 0 Å². The average Bonchev–Trinajstić information content (AvgIpc) is 3.72. The molecule has 5 N–H and O–H groups in total. The monoisotopic (exact) mass is 751 g/mol. The van der Waals surface area contributed by atoms with Crippen LogP contribution in [0.4, 0.5) is 4.39 Å². The summed E-state index contributed by atoms with van der Waals surface area (Å²) >= 11 is 1.57. The molecule has 3 aromatic rings. The summed E-state index contributed by atoms with van der Waals surface area (Å²) in [5.41, 5.74) is 10.1. The number of aliphatic hydroxyl groups excluding tert-OH is 1. The lowest BCUT2D eigenvalue weighted by atomic mass is 9.85. The van der Waals surface area contributed by atoms with Gasteiger partial charge < -0.3 is 31.1 Å². The fourth-order valence-corrected chi connectivity index (χ4v) is 7.25. The zero-order valence-corrected chi connectivity index (χ0v) is 32.3. The third-order valence-electron chi connectivity index (χ3n) is 9.50. The van der Waals surface area contributed by atoms with Crippen LogP contribution in [0, 0.1) is 18.2 Å². The fraction of sp³-hybridized carbons (Fsp3) is 0.525. The molecule has 1 aliphatic heterocycles. The van der Waals surface area contributed by atoms with Gasteiger partial charge in [0, 0.05) is 25.8 Å². The first-order chi connectivity index (χ1) is 25.1. The second-order valence-electron chi connectivity index (χ2n) is 15.0. The molecule has 0 bridgehead atoms. The van der Waals surface area contributed by atoms with Crippen molar-refractivity contribution in [2.24, 2.45) is 11.1 Å². The normalized spacial score (nSPS) is 16.9. The summed E-state index contributed by atoms with van der Waals surface area (Å²) in [4.78, 5) is 58.4. The Hall–Kier alpha value is -4.36. The number of primary amides is 1. The summed E-state index contributed by atoms with van der Waals surface area (Å²) in [5.74, 6) is -1.67. The van der Waals surface area contributed by atoms with E-state index in [1.54, 1.807) is 23.5 Å². The number of amides is 4. The fourth-order valence-electron chi connectivity index (χ4n) is 6.44. The van der Waals surface area contributed by atoms with E-state index in [0.29, 0.717) is 25.7 Å². The van der Waals surface area contributed by atoms with E-state index in [1.165, 1.54) is 11.0 Å². The maximum atomic E-state index is 14.2. The van der Waals surface area contributed by atoms with Gasteiger partial charge in [0.1, 0.15) is 12.1 Å². The Morgan fingerprint density at radius 2 is 1.75 bits per heavy atom. The average molecular weight is 752 g/mol. The van der Waals surface area contributed by atoms with Crippen molar-refractivity contribution in [1.82, 2.24) is 20.5 Å². The highest BCUT2D eigenvalue weighted by Crippen LogP contribution is 2.30. The number of hydrogen-bond acceptors (Lipinski definition) is 8. The van der Waals surface area contributed by atoms with Gasteiger partial charge in [-0.15, -0.1) is 11.3 Å². The van der Waals surface area contributed by atoms with E-state index in [9.17, 15) is 28.7 Å². The first-order valence-corrected chi connectivity index (χ1v) is 19.3. The van der Waals surface area contributed by atoms with E-state index in [-0.39, 0.29) is 61.9 Å². The molecular formula is C40H54FN5O6S. The van der Waals surface area contributed by atoms with Crippen LogP contribution in [0.25, 0.3) is 10.4 Å². The van der Waals surface area contributed by atoms with Crippen LogP contribution >= 0.6 is 11.3 Å². The van der Waals surface area contributed by atoms with Crippen molar-refractivity contribution in [3.05, 3.63) is 70.6 Å². The standard InChI is InChI=1S/C40H54FN5O6S/c1-25(28-15-17-29(18-16-28)36-26(2)43-24-53-36)44-38(50)32-22-30(47)23-46(32)39(51)37(40(3,4)5)45-35(49)13-8-6-7-11-27-14-19-31(41)33(21-27)52-20-10-9-12-34(42)48/h14-19,21,24-25,30,32,37,47H,6-13,20,22-23H2,1-5H3,(H2,42,48)(H,44,50)(H,45,49)/t25-,30+,32-,37+/m0/s1. The highest BCUT2D eigenvalue weighted by molar-refractivity contribution is 7.13. The molecule has 0 aliphatic carbocycles. The number of β-amino-alcohol motifs (C(OH)–C–C–N with tert-alkyl or cyclic N) is 1. The number of benzene rings is 2. The SMILES string of the molecule is Cc1ncsc1-c1ccc([C@H](C)NC(=O)[C@@H]2C[C@@H](O)CN2C(=O)[C@@H](NC(=O)CCCCCc2ccc(F)c(OCCCCC(N)=O)c2)C(C)(C)C)cc1. The highest BCUT2D eigenvalue weighted by atomic mass is 32.1. The first-order valence-electron chi connectivity index (χ1n) is 18.4. The van der Waals surface area contributed by atoms with Crippen molar-refractivity contribution < 1.29 is 33.4 Å². The quantitative estimate of drug-likeness (QED) is 0.120. The maximum Gasteiger partial charge on any atom is 0.246 e. The van der Waals surface area contributed by atoms with Crippen molar-refractivity contribution in [3.8, 4) is 16.2 Å². The Kier molecular flexibility index (Phi) is 14.9. The van der Waals surface area contributed by atoms with E-state index in [4.69, 9.17) is 10.5 Å². The third-order valence-corrected chi connectivity index (χ3v) is 10.5. The van der Waals surface area contributed by atoms with E-state index < -0.39 is 35.3 Å². The molecule has 4 amide bonds. The zero-order chi connectivity index (χ0) is 38.7. The van der Waals surface area contributed by atoms with Crippen LogP contribution in [0.2, 0.25) is 0 Å². The Morgan fingerprint density at radius 3 is 2.42 bits per heavy atom. The minimum absolute atomic E-state index is 0.00207. The molecule has 2 aromatic carbocycles. The maximum absolute atomic E-state index is 14.2. The molecule has 0 radical (unpaired) electrons. The van der Waals surface area contributed by atoms with Crippen molar-refractivity contribution in [1.29, 1.82) is 0 Å². The number of nitrogens with two attached hydrogens (primary N) is 1. The Bertz CT molecular complexity index is 1710. The molecule has 288 valence electrons. The molecule has 0 saturated carbocycles. The number of nitrogens with zero attached hydrogens (tertiary/aromatic N) is 2. The number of rotatable bonds is 18. The van der Waals surface area contributed by atoms with E-state index in [0.717, 1.165) is 40.1 Å². The van der Waals surface area contributed by atoms with Gasteiger partial charge in [-0.1, -0.05) is 57.5 Å². The second kappa shape index (κ2) is 19.1. The molecule has 1 saturated heterocycles. The van der Waals surface area contributed by atoms with Crippen LogP contribution in [0.15, 0.2) is 48.0 Å². The number of ether oxygens (including phenoxy) is 1. The van der Waals surface area contributed by atoms with Gasteiger partial charge in [-0.25, -0.2) is 9.37 Å². The second-order valence-corrected chi connectivity index (χ2v) is 15.8. The lowest BCUT2D eigenvalue weighted by Gasteiger charge is -2.35. The number of carbonyl (C=O) groups excluding carboxylic acids is 4. The number of halogens is 1. The van der Waals surface area contributed by atoms with Crippen LogP contribution < -0.4 is 21.1 Å². The minimum Gasteiger partial charge on any atom is -0.491 e. The Morgan fingerprint density at radius 1 is 1.04 bits per heavy atom. The molecule has 4 atom stereocenters. The van der Waals surface area contributed by atoms with Crippen LogP contribution in [-0.2, 0) is 25.6 Å². The van der Waals surface area contributed by atoms with Gasteiger partial charge in [0.2, 0.25) is 23.6 Å². The van der Waals surface area contributed by atoms with Gasteiger partial charge in [0.25, 0.3) is 0 Å². The molecule has 0 spiro atoms. The van der Waals surface area contributed by atoms with Gasteiger partial charge >= 0.3 is 0 Å². The summed E-state index contributed by atoms with van der Waals surface area (Å²) in [6.07, 6.45) is 3.70. The van der Waals surface area contributed by atoms with Gasteiger partial charge in [-0.2, -0.15) is 0 Å². The third kappa shape index (κ3) is 12.1. The first kappa shape index (κ1) is 41.4. The molecule has 2 heterocycles. The summed E-state index contributed by atoms with van der Waals surface area (Å²) in [5, 5.41) is 16.5. The van der Waals surface area contributed by atoms with Gasteiger partial charge in [0.15, 0.2) is 11.6 Å². The van der Waals surface area contributed by atoms with Crippen LogP contribution in [0.1, 0.15) is 102 Å². The van der Waals surface area contributed by atoms with Gasteiger partial charge in [-0.3, -0.25) is 19.2 Å². The zero-order valence-electron chi connectivity index (χ0n) is 31.5. The molecule has 53 heavy (non-hydrogen) atoms. The minimum atomic E-state index is -0.899. The number of nitrogens with one attached hydrogen (secondary N) is 2. The Labute approximate surface area is 315 Å². The van der Waals surface area contributed by atoms with E-state index in [2.05, 4.69) is 15.6 Å². The van der Waals surface area contributed by atoms with Crippen LogP contribution in [-0.4, -0.2) is 70.0 Å². The molecule has 1 fully saturated rings. The lowest BCUT2D eigenvalue weighted by Crippen LogP contribution is -2.57. The number of likely N-dealkylation sites (tertiary alicyclic amines) is 1. The van der Waals surface area contributed by atoms with Crippen molar-refractivity contribution in [3.63, 3.8) is 0 Å². The molecule has 4 rings (SSSR count). The highest BCUT2D eigenvalue weighted by Gasteiger charge is 2.44. The molecular weight excluding hydrogens is 698 g/mol. The summed E-state index contributed by atoms with van der Waals surface area (Å²) in [7, 11) is 0. The number of carbonyl (C=O) groups is 4. The Balaban J connectivity index is 1.26. The molecule has 1 aromatic heterocycles. The van der Waals surface area contributed by atoms with Crippen molar-refractivity contribution in [2.75, 3.05) is 13.2 Å². The lowest BCUT2D eigenvalue weighted by molar-refractivity contribution is -0.144. The van der Waals surface area contributed by atoms with Gasteiger partial charge in [-0.05, 0) is 80.2 Å². The number of unbranched alkanes of at least 4 members (excludes halogenated alkanes) is 3. The largest absolute Gasteiger partial charge is 0.491 e. The number of aliphatic hydroxyl groups is 1. The number of aryl methyl sites for hydroxylation is 2. The van der Waals surface area contributed by atoms with Gasteiger partial charge in [0.05, 0.1) is 34.8 Å². The summed E-state index contributed by atoms with van der Waals surface area (Å²) in [6, 6.07) is 10.6. The number of thiazole rings is 1. The van der Waals surface area contributed by atoms with Crippen molar-refractivity contribution in [2.45, 2.75) is 117 Å². The summed E-state index contributed by atoms with van der Waals surface area (Å²) in [6.45, 7) is 9.72. The predicted octanol–water partition coefficient (Wildman–Crippen LogP) is 5.77. The molecule has 11 nitrogen and oxygen atoms in total.